The lowest BCUT2D eigenvalue weighted by atomic mass is 9.84. The summed E-state index contributed by atoms with van der Waals surface area (Å²) < 4.78 is 15.5. The van der Waals surface area contributed by atoms with Gasteiger partial charge in [-0.3, -0.25) is 15.4 Å². The molecule has 1 saturated carbocycles. The molecule has 0 aliphatic heterocycles. The molecule has 11 nitrogen and oxygen atoms in total. The number of ether oxygens (including phenoxy) is 3. The van der Waals surface area contributed by atoms with Gasteiger partial charge in [-0.1, -0.05) is 26.7 Å². The topological polar surface area (TPSA) is 162 Å². The zero-order valence-electron chi connectivity index (χ0n) is 23.2. The molecule has 1 aliphatic carbocycles. The van der Waals surface area contributed by atoms with E-state index in [-0.39, 0.29) is 12.4 Å². The number of hydrogen-bond donors (Lipinski definition) is 4. The number of nitrogens with zero attached hydrogens (tertiary/aromatic N) is 1. The van der Waals surface area contributed by atoms with Gasteiger partial charge in [-0.05, 0) is 60.3 Å². The van der Waals surface area contributed by atoms with Gasteiger partial charge in [-0.25, -0.2) is 14.6 Å². The Balaban J connectivity index is 3.35. The lowest BCUT2D eigenvalue weighted by Gasteiger charge is -2.29. The van der Waals surface area contributed by atoms with Gasteiger partial charge < -0.3 is 25.1 Å². The molecule has 36 heavy (non-hydrogen) atoms. The first-order valence-corrected chi connectivity index (χ1v) is 12.6. The predicted molar refractivity (Wildman–Crippen MR) is 136 cm³/mol. The zero-order valence-corrected chi connectivity index (χ0v) is 23.2. The van der Waals surface area contributed by atoms with Crippen molar-refractivity contribution in [2.24, 2.45) is 28.5 Å². The molecule has 1 aliphatic rings. The van der Waals surface area contributed by atoms with Gasteiger partial charge in [0.2, 0.25) is 5.96 Å². The summed E-state index contributed by atoms with van der Waals surface area (Å²) in [5.74, 6) is -1.90. The van der Waals surface area contributed by atoms with Crippen molar-refractivity contribution in [2.75, 3.05) is 7.11 Å². The van der Waals surface area contributed by atoms with E-state index >= 15 is 0 Å². The Labute approximate surface area is 214 Å². The number of alkyl carbamates (subject to hydrolysis) is 2. The van der Waals surface area contributed by atoms with Crippen LogP contribution in [-0.4, -0.2) is 65.7 Å². The SMILES string of the molecule is CCC(CC)CC(N)C1C(N=C(NC(=O)OC(C)(C)C)NC(=O)OC(C)(C)C)CC(C(=O)OC)C1O. The summed E-state index contributed by atoms with van der Waals surface area (Å²) in [5.41, 5.74) is 4.97. The fourth-order valence-electron chi connectivity index (χ4n) is 4.34. The molecule has 1 fully saturated rings. The van der Waals surface area contributed by atoms with Crippen LogP contribution in [0.3, 0.4) is 0 Å². The van der Waals surface area contributed by atoms with Gasteiger partial charge in [0.15, 0.2) is 0 Å². The Bertz CT molecular complexity index is 752. The van der Waals surface area contributed by atoms with Crippen LogP contribution in [0.1, 0.15) is 81.1 Å². The molecule has 0 radical (unpaired) electrons. The maximum atomic E-state index is 12.5. The first-order chi connectivity index (χ1) is 16.5. The second kappa shape index (κ2) is 13.2. The van der Waals surface area contributed by atoms with Crippen molar-refractivity contribution in [3.05, 3.63) is 0 Å². The van der Waals surface area contributed by atoms with Gasteiger partial charge in [0.05, 0.1) is 25.2 Å². The van der Waals surface area contributed by atoms with Crippen molar-refractivity contribution < 1.29 is 33.7 Å². The predicted octanol–water partition coefficient (Wildman–Crippen LogP) is 3.08. The molecule has 2 amide bonds. The van der Waals surface area contributed by atoms with Crippen molar-refractivity contribution in [2.45, 2.75) is 110 Å². The van der Waals surface area contributed by atoms with E-state index in [1.807, 2.05) is 0 Å². The van der Waals surface area contributed by atoms with E-state index in [4.69, 9.17) is 19.9 Å². The lowest BCUT2D eigenvalue weighted by Crippen LogP contribution is -2.49. The van der Waals surface area contributed by atoms with Crippen LogP contribution in [0.5, 0.6) is 0 Å². The number of aliphatic imine (C=N–C) groups is 1. The Hall–Kier alpha value is -2.40. The molecule has 0 aromatic carbocycles. The number of rotatable bonds is 7. The number of hydrogen-bond acceptors (Lipinski definition) is 9. The van der Waals surface area contributed by atoms with E-state index in [9.17, 15) is 19.5 Å². The number of carbonyl (C=O) groups excluding carboxylic acids is 3. The van der Waals surface area contributed by atoms with Crippen molar-refractivity contribution in [3.63, 3.8) is 0 Å². The molecule has 11 heteroatoms. The normalized spacial score (nSPS) is 23.0. The molecule has 208 valence electrons. The lowest BCUT2D eigenvalue weighted by molar-refractivity contribution is -0.148. The molecule has 0 heterocycles. The van der Waals surface area contributed by atoms with E-state index in [1.54, 1.807) is 41.5 Å². The number of nitrogens with one attached hydrogen (secondary N) is 2. The summed E-state index contributed by atoms with van der Waals surface area (Å²) in [6.07, 6.45) is -0.162. The third-order valence-electron chi connectivity index (χ3n) is 6.04. The minimum atomic E-state index is -1.10. The van der Waals surface area contributed by atoms with Gasteiger partial charge >= 0.3 is 18.2 Å². The van der Waals surface area contributed by atoms with E-state index < -0.39 is 59.4 Å². The molecule has 0 aromatic rings. The Kier molecular flexibility index (Phi) is 11.6. The average Bonchev–Trinajstić information content (AvgIpc) is 3.03. The van der Waals surface area contributed by atoms with Gasteiger partial charge in [0.1, 0.15) is 11.2 Å². The summed E-state index contributed by atoms with van der Waals surface area (Å²) in [4.78, 5) is 41.9. The van der Waals surface area contributed by atoms with E-state index in [2.05, 4.69) is 29.5 Å². The molecule has 0 spiro atoms. The molecule has 0 aromatic heterocycles. The number of guanidine groups is 1. The molecule has 5 unspecified atom stereocenters. The Morgan fingerprint density at radius 2 is 1.47 bits per heavy atom. The second-order valence-electron chi connectivity index (χ2n) is 11.3. The quantitative estimate of drug-likeness (QED) is 0.174. The highest BCUT2D eigenvalue weighted by Crippen LogP contribution is 2.38. The Morgan fingerprint density at radius 3 is 1.86 bits per heavy atom. The van der Waals surface area contributed by atoms with Crippen LogP contribution in [-0.2, 0) is 19.0 Å². The van der Waals surface area contributed by atoms with Crippen molar-refractivity contribution in [1.29, 1.82) is 0 Å². The van der Waals surface area contributed by atoms with E-state index in [1.165, 1.54) is 7.11 Å². The molecular formula is C25H46N4O7. The van der Waals surface area contributed by atoms with Crippen molar-refractivity contribution >= 4 is 24.1 Å². The highest BCUT2D eigenvalue weighted by molar-refractivity contribution is 6.01. The van der Waals surface area contributed by atoms with E-state index in [0.29, 0.717) is 12.3 Å². The Morgan fingerprint density at radius 1 is 1.00 bits per heavy atom. The van der Waals surface area contributed by atoms with Crippen molar-refractivity contribution in [1.82, 2.24) is 10.6 Å². The van der Waals surface area contributed by atoms with E-state index in [0.717, 1.165) is 12.8 Å². The molecule has 5 atom stereocenters. The van der Waals surface area contributed by atoms with Gasteiger partial charge in [-0.15, -0.1) is 0 Å². The molecule has 5 N–H and O–H groups in total. The average molecular weight is 515 g/mol. The zero-order chi connectivity index (χ0) is 27.8. The molecular weight excluding hydrogens is 468 g/mol. The minimum Gasteiger partial charge on any atom is -0.469 e. The number of carbonyl (C=O) groups is 3. The molecule has 0 saturated heterocycles. The summed E-state index contributed by atoms with van der Waals surface area (Å²) >= 11 is 0. The monoisotopic (exact) mass is 514 g/mol. The third-order valence-corrected chi connectivity index (χ3v) is 6.04. The van der Waals surface area contributed by atoms with Crippen LogP contribution >= 0.6 is 0 Å². The highest BCUT2D eigenvalue weighted by atomic mass is 16.6. The van der Waals surface area contributed by atoms with Crippen LogP contribution in [0.4, 0.5) is 9.59 Å². The highest BCUT2D eigenvalue weighted by Gasteiger charge is 2.49. The number of esters is 1. The smallest absolute Gasteiger partial charge is 0.414 e. The van der Waals surface area contributed by atoms with Crippen molar-refractivity contribution in [3.8, 4) is 0 Å². The van der Waals surface area contributed by atoms with Crippen LogP contribution in [0, 0.1) is 17.8 Å². The molecule has 1 rings (SSSR count). The fourth-order valence-corrected chi connectivity index (χ4v) is 4.34. The van der Waals surface area contributed by atoms with Crippen LogP contribution in [0.2, 0.25) is 0 Å². The number of aliphatic hydroxyl groups excluding tert-OH is 1. The first kappa shape index (κ1) is 31.6. The second-order valence-corrected chi connectivity index (χ2v) is 11.3. The summed E-state index contributed by atoms with van der Waals surface area (Å²) in [6, 6.07) is -1.16. The summed E-state index contributed by atoms with van der Waals surface area (Å²) in [6.45, 7) is 14.4. The minimum absolute atomic E-state index is 0.130. The fraction of sp³-hybridized carbons (Fsp3) is 0.840. The van der Waals surface area contributed by atoms with Crippen LogP contribution in [0.15, 0.2) is 4.99 Å². The number of aliphatic hydroxyl groups is 1. The largest absolute Gasteiger partial charge is 0.469 e. The molecule has 0 bridgehead atoms. The summed E-state index contributed by atoms with van der Waals surface area (Å²) in [5, 5.41) is 16.0. The van der Waals surface area contributed by atoms with Crippen LogP contribution in [0.25, 0.3) is 0 Å². The van der Waals surface area contributed by atoms with Gasteiger partial charge in [0, 0.05) is 12.0 Å². The third kappa shape index (κ3) is 10.3. The number of amides is 2. The van der Waals surface area contributed by atoms with Gasteiger partial charge in [0.25, 0.3) is 0 Å². The maximum absolute atomic E-state index is 12.5. The standard InChI is InChI=1S/C25H46N4O7/c1-10-14(11-2)12-16(26)18-17(13-15(19(18)30)20(31)34-9)27-21(28-22(32)35-24(3,4)5)29-23(33)36-25(6,7)8/h14-19,30H,10-13,26H2,1-9H3,(H2,27,28,29,32,33). The van der Waals surface area contributed by atoms with Crippen LogP contribution < -0.4 is 16.4 Å². The maximum Gasteiger partial charge on any atom is 0.414 e. The van der Waals surface area contributed by atoms with Gasteiger partial charge in [-0.2, -0.15) is 0 Å². The first-order valence-electron chi connectivity index (χ1n) is 12.6. The summed E-state index contributed by atoms with van der Waals surface area (Å²) in [7, 11) is 1.25. The number of nitrogens with two attached hydrogens (primary N) is 1. The number of methoxy groups -OCH3 is 1.